The Hall–Kier alpha value is -1.36. The van der Waals surface area contributed by atoms with E-state index in [0.717, 1.165) is 11.4 Å². The first-order valence-corrected chi connectivity index (χ1v) is 5.66. The Morgan fingerprint density at radius 2 is 2.60 bits per heavy atom. The van der Waals surface area contributed by atoms with Crippen LogP contribution in [0.3, 0.4) is 0 Å². The van der Waals surface area contributed by atoms with E-state index >= 15 is 0 Å². The SMILES string of the molecule is C=CCNC(N)=NCc1ncc(CC)s1. The molecular formula is C10H16N4S. The fourth-order valence-corrected chi connectivity index (χ4v) is 1.76. The number of aliphatic imine (C=N–C) groups is 1. The molecule has 4 nitrogen and oxygen atoms in total. The van der Waals surface area contributed by atoms with E-state index in [1.165, 1.54) is 4.88 Å². The molecule has 0 aliphatic heterocycles. The smallest absolute Gasteiger partial charge is 0.189 e. The van der Waals surface area contributed by atoms with Crippen molar-refractivity contribution in [2.45, 2.75) is 19.9 Å². The zero-order valence-corrected chi connectivity index (χ0v) is 9.68. The molecule has 3 N–H and O–H groups in total. The molecule has 0 aliphatic carbocycles. The van der Waals surface area contributed by atoms with Gasteiger partial charge in [0.05, 0.1) is 6.54 Å². The molecule has 0 aromatic carbocycles. The fourth-order valence-electron chi connectivity index (χ4n) is 0.970. The van der Waals surface area contributed by atoms with E-state index in [2.05, 4.69) is 28.8 Å². The zero-order valence-electron chi connectivity index (χ0n) is 8.86. The lowest BCUT2D eigenvalue weighted by molar-refractivity contribution is 0.961. The summed E-state index contributed by atoms with van der Waals surface area (Å²) in [7, 11) is 0. The number of nitrogens with zero attached hydrogens (tertiary/aromatic N) is 2. The van der Waals surface area contributed by atoms with Crippen molar-refractivity contribution < 1.29 is 0 Å². The number of nitrogens with two attached hydrogens (primary N) is 1. The number of aryl methyl sites for hydroxylation is 1. The van der Waals surface area contributed by atoms with Crippen molar-refractivity contribution in [2.24, 2.45) is 10.7 Å². The van der Waals surface area contributed by atoms with Crippen molar-refractivity contribution in [3.05, 3.63) is 28.7 Å². The van der Waals surface area contributed by atoms with Gasteiger partial charge < -0.3 is 11.1 Å². The van der Waals surface area contributed by atoms with Crippen molar-refractivity contribution in [2.75, 3.05) is 6.54 Å². The molecule has 0 unspecified atom stereocenters. The Balaban J connectivity index is 2.44. The molecule has 1 aromatic heterocycles. The molecule has 5 heteroatoms. The molecule has 1 aromatic rings. The van der Waals surface area contributed by atoms with Crippen molar-refractivity contribution in [3.63, 3.8) is 0 Å². The predicted molar refractivity (Wildman–Crippen MR) is 65.0 cm³/mol. The van der Waals surface area contributed by atoms with Gasteiger partial charge in [0.25, 0.3) is 0 Å². The van der Waals surface area contributed by atoms with E-state index in [4.69, 9.17) is 5.73 Å². The van der Waals surface area contributed by atoms with Gasteiger partial charge >= 0.3 is 0 Å². The average molecular weight is 224 g/mol. The number of aromatic nitrogens is 1. The maximum Gasteiger partial charge on any atom is 0.189 e. The summed E-state index contributed by atoms with van der Waals surface area (Å²) < 4.78 is 0. The van der Waals surface area contributed by atoms with Gasteiger partial charge in [-0.3, -0.25) is 0 Å². The van der Waals surface area contributed by atoms with Gasteiger partial charge in [-0.25, -0.2) is 9.98 Å². The molecule has 15 heavy (non-hydrogen) atoms. The van der Waals surface area contributed by atoms with Crippen LogP contribution >= 0.6 is 11.3 Å². The summed E-state index contributed by atoms with van der Waals surface area (Å²) in [4.78, 5) is 9.69. The minimum atomic E-state index is 0.433. The number of rotatable bonds is 5. The van der Waals surface area contributed by atoms with Gasteiger partial charge in [-0.05, 0) is 6.42 Å². The topological polar surface area (TPSA) is 63.3 Å². The Labute approximate surface area is 93.9 Å². The number of nitrogens with one attached hydrogen (secondary N) is 1. The van der Waals surface area contributed by atoms with Gasteiger partial charge in [-0.15, -0.1) is 17.9 Å². The lowest BCUT2D eigenvalue weighted by Crippen LogP contribution is -2.31. The van der Waals surface area contributed by atoms with Crippen molar-refractivity contribution in [3.8, 4) is 0 Å². The molecule has 0 atom stereocenters. The van der Waals surface area contributed by atoms with Crippen molar-refractivity contribution in [1.82, 2.24) is 10.3 Å². The third-order valence-corrected chi connectivity index (χ3v) is 2.89. The molecule has 0 saturated carbocycles. The van der Waals surface area contributed by atoms with Gasteiger partial charge in [-0.1, -0.05) is 13.0 Å². The summed E-state index contributed by atoms with van der Waals surface area (Å²) in [5.41, 5.74) is 5.61. The molecule has 0 radical (unpaired) electrons. The minimum Gasteiger partial charge on any atom is -0.370 e. The van der Waals surface area contributed by atoms with Gasteiger partial charge in [-0.2, -0.15) is 0 Å². The van der Waals surface area contributed by atoms with Crippen LogP contribution in [-0.2, 0) is 13.0 Å². The highest BCUT2D eigenvalue weighted by Crippen LogP contribution is 2.13. The third-order valence-electron chi connectivity index (χ3n) is 1.76. The highest BCUT2D eigenvalue weighted by molar-refractivity contribution is 7.11. The molecule has 0 aliphatic rings. The summed E-state index contributed by atoms with van der Waals surface area (Å²) in [6.07, 6.45) is 4.65. The largest absolute Gasteiger partial charge is 0.370 e. The van der Waals surface area contributed by atoms with Gasteiger partial charge in [0.2, 0.25) is 0 Å². The van der Waals surface area contributed by atoms with Crippen molar-refractivity contribution >= 4 is 17.3 Å². The number of thiazole rings is 1. The Kier molecular flexibility index (Phi) is 4.83. The second-order valence-corrected chi connectivity index (χ2v) is 4.14. The van der Waals surface area contributed by atoms with E-state index < -0.39 is 0 Å². The average Bonchev–Trinajstić information content (AvgIpc) is 2.71. The van der Waals surface area contributed by atoms with E-state index in [9.17, 15) is 0 Å². The first-order chi connectivity index (χ1) is 7.26. The van der Waals surface area contributed by atoms with Crippen LogP contribution in [0.4, 0.5) is 0 Å². The van der Waals surface area contributed by atoms with Gasteiger partial charge in [0.15, 0.2) is 5.96 Å². The summed E-state index contributed by atoms with van der Waals surface area (Å²) in [6, 6.07) is 0. The molecule has 0 saturated heterocycles. The van der Waals surface area contributed by atoms with Crippen LogP contribution in [0.5, 0.6) is 0 Å². The second-order valence-electron chi connectivity index (χ2n) is 2.94. The van der Waals surface area contributed by atoms with Crippen molar-refractivity contribution in [1.29, 1.82) is 0 Å². The summed E-state index contributed by atoms with van der Waals surface area (Å²) in [5, 5.41) is 3.91. The fraction of sp³-hybridized carbons (Fsp3) is 0.400. The molecular weight excluding hydrogens is 208 g/mol. The number of hydrogen-bond acceptors (Lipinski definition) is 3. The standard InChI is InChI=1S/C10H16N4S/c1-3-5-12-10(11)14-7-9-13-6-8(4-2)15-9/h3,6H,1,4-5,7H2,2H3,(H3,11,12,14). The lowest BCUT2D eigenvalue weighted by Gasteiger charge is -2.00. The maximum atomic E-state index is 5.61. The normalized spacial score (nSPS) is 11.4. The predicted octanol–water partition coefficient (Wildman–Crippen LogP) is 1.30. The van der Waals surface area contributed by atoms with Crippen LogP contribution in [-0.4, -0.2) is 17.5 Å². The minimum absolute atomic E-state index is 0.433. The molecule has 0 spiro atoms. The van der Waals surface area contributed by atoms with Gasteiger partial charge in [0, 0.05) is 17.6 Å². The quantitative estimate of drug-likeness (QED) is 0.450. The third kappa shape index (κ3) is 4.12. The number of guanidine groups is 1. The second kappa shape index (κ2) is 6.19. The molecule has 1 heterocycles. The van der Waals surface area contributed by atoms with E-state index in [1.807, 2.05) is 6.20 Å². The lowest BCUT2D eigenvalue weighted by atomic mass is 10.4. The highest BCUT2D eigenvalue weighted by atomic mass is 32.1. The van der Waals surface area contributed by atoms with Crippen LogP contribution in [0.1, 0.15) is 16.8 Å². The van der Waals surface area contributed by atoms with E-state index in [0.29, 0.717) is 19.0 Å². The van der Waals surface area contributed by atoms with Crippen LogP contribution in [0.2, 0.25) is 0 Å². The van der Waals surface area contributed by atoms with Crippen LogP contribution in [0, 0.1) is 0 Å². The summed E-state index contributed by atoms with van der Waals surface area (Å²) >= 11 is 1.68. The Morgan fingerprint density at radius 1 is 1.80 bits per heavy atom. The first-order valence-electron chi connectivity index (χ1n) is 4.84. The molecule has 0 fully saturated rings. The van der Waals surface area contributed by atoms with Gasteiger partial charge in [0.1, 0.15) is 5.01 Å². The maximum absolute atomic E-state index is 5.61. The van der Waals surface area contributed by atoms with Crippen LogP contribution in [0.25, 0.3) is 0 Å². The van der Waals surface area contributed by atoms with E-state index in [-0.39, 0.29) is 0 Å². The Bertz CT molecular complexity index is 343. The molecule has 1 rings (SSSR count). The highest BCUT2D eigenvalue weighted by Gasteiger charge is 1.99. The summed E-state index contributed by atoms with van der Waals surface area (Å²) in [6.45, 7) is 6.87. The molecule has 82 valence electrons. The van der Waals surface area contributed by atoms with Crippen LogP contribution < -0.4 is 11.1 Å². The van der Waals surface area contributed by atoms with E-state index in [1.54, 1.807) is 17.4 Å². The monoisotopic (exact) mass is 224 g/mol. The zero-order chi connectivity index (χ0) is 11.1. The molecule has 0 bridgehead atoms. The van der Waals surface area contributed by atoms with Crippen LogP contribution in [0.15, 0.2) is 23.8 Å². The Morgan fingerprint density at radius 3 is 3.20 bits per heavy atom. The number of hydrogen-bond donors (Lipinski definition) is 2. The summed E-state index contributed by atoms with van der Waals surface area (Å²) in [5.74, 6) is 0.433. The molecule has 0 amide bonds. The first kappa shape index (κ1) is 11.7.